The predicted molar refractivity (Wildman–Crippen MR) is 5.12 cm³/mol. The van der Waals surface area contributed by atoms with Gasteiger partial charge in [-0.1, -0.05) is 0 Å². The molecule has 34 valence electrons. The SMILES string of the molecule is [Mn].[O]=[Mn]([OH])[OH]. The summed E-state index contributed by atoms with van der Waals surface area (Å²) in [5.41, 5.74) is 0. The van der Waals surface area contributed by atoms with Crippen LogP contribution >= 0.6 is 0 Å². The van der Waals surface area contributed by atoms with E-state index in [4.69, 9.17) is 12.2 Å². The average Bonchev–Trinajstić information content (AvgIpc) is 0.811. The predicted octanol–water partition coefficient (Wildman–Crippen LogP) is -1.24. The van der Waals surface area contributed by atoms with E-state index in [1.165, 1.54) is 0 Å². The van der Waals surface area contributed by atoms with Gasteiger partial charge < -0.3 is 0 Å². The van der Waals surface area contributed by atoms with Crippen molar-refractivity contribution in [1.82, 2.24) is 0 Å². The van der Waals surface area contributed by atoms with Crippen LogP contribution in [0, 0.1) is 0 Å². The van der Waals surface area contributed by atoms with Crippen LogP contribution in [0.1, 0.15) is 0 Å². The Morgan fingerprint density at radius 1 is 1.40 bits per heavy atom. The van der Waals surface area contributed by atoms with Crippen molar-refractivity contribution in [1.29, 1.82) is 0 Å². The molecule has 0 aromatic heterocycles. The Kier molecular flexibility index (Phi) is 8.79. The number of hydrogen-bond donors (Lipinski definition) is 2. The van der Waals surface area contributed by atoms with Gasteiger partial charge in [0.05, 0.1) is 0 Å². The van der Waals surface area contributed by atoms with Gasteiger partial charge >= 0.3 is 26.7 Å². The first-order valence-electron chi connectivity index (χ1n) is 0.492. The van der Waals surface area contributed by atoms with Crippen molar-refractivity contribution in [3.63, 3.8) is 0 Å². The molecule has 2 N–H and O–H groups in total. The molecule has 0 aromatic rings. The minimum absolute atomic E-state index is 0. The van der Waals surface area contributed by atoms with E-state index in [1.54, 1.807) is 0 Å². The van der Waals surface area contributed by atoms with Gasteiger partial charge in [0, 0.05) is 17.1 Å². The van der Waals surface area contributed by atoms with E-state index in [0.717, 1.165) is 0 Å². The molecule has 3 nitrogen and oxygen atoms in total. The van der Waals surface area contributed by atoms with Crippen LogP contribution in [0.4, 0.5) is 0 Å². The summed E-state index contributed by atoms with van der Waals surface area (Å²) in [6.45, 7) is 0. The standard InChI is InChI=1S/2Mn.2H2O.O/h;;2*1H2;/q;+2;;;/p-2. The molecular formula is H2Mn2O3. The van der Waals surface area contributed by atoms with Crippen molar-refractivity contribution in [3.8, 4) is 0 Å². The number of rotatable bonds is 0. The Bertz CT molecular complexity index is 27.9. The Morgan fingerprint density at radius 3 is 1.40 bits per heavy atom. The Labute approximate surface area is 44.2 Å². The third kappa shape index (κ3) is 62.9. The molecule has 0 bridgehead atoms. The minimum atomic E-state index is -3.15. The molecule has 0 amide bonds. The van der Waals surface area contributed by atoms with Crippen molar-refractivity contribution >= 4 is 0 Å². The fraction of sp³-hybridized carbons (Fsp3) is 0. The monoisotopic (exact) mass is 160 g/mol. The molecule has 0 saturated carbocycles. The van der Waals surface area contributed by atoms with Crippen molar-refractivity contribution < 1.29 is 43.8 Å². The molecule has 0 saturated heterocycles. The topological polar surface area (TPSA) is 57.5 Å². The summed E-state index contributed by atoms with van der Waals surface area (Å²) in [4.78, 5) is 0. The maximum absolute atomic E-state index is 8.74. The molecule has 0 aliphatic carbocycles. The summed E-state index contributed by atoms with van der Waals surface area (Å²) in [7, 11) is 0. The second kappa shape index (κ2) is 4.76. The molecule has 0 heterocycles. The Balaban J connectivity index is 0. The zero-order valence-corrected chi connectivity index (χ0v) is 4.42. The molecule has 0 aliphatic rings. The summed E-state index contributed by atoms with van der Waals surface area (Å²) >= 11 is -3.15. The van der Waals surface area contributed by atoms with Crippen LogP contribution in [0.2, 0.25) is 0 Å². The van der Waals surface area contributed by atoms with Gasteiger partial charge in [0.15, 0.2) is 0 Å². The molecule has 1 radical (unpaired) electrons. The first kappa shape index (κ1) is 9.23. The van der Waals surface area contributed by atoms with Crippen LogP contribution < -0.4 is 0 Å². The molecule has 0 aliphatic heterocycles. The molecule has 0 atom stereocenters. The summed E-state index contributed by atoms with van der Waals surface area (Å²) in [6, 6.07) is 0. The van der Waals surface area contributed by atoms with E-state index in [9.17, 15) is 0 Å². The van der Waals surface area contributed by atoms with Gasteiger partial charge in [-0.25, -0.2) is 0 Å². The quantitative estimate of drug-likeness (QED) is 0.435. The van der Waals surface area contributed by atoms with Gasteiger partial charge in [0.2, 0.25) is 0 Å². The van der Waals surface area contributed by atoms with Crippen LogP contribution in [0.25, 0.3) is 0 Å². The fourth-order valence-corrected chi connectivity index (χ4v) is 0. The zero-order chi connectivity index (χ0) is 3.58. The van der Waals surface area contributed by atoms with Gasteiger partial charge in [0.25, 0.3) is 0 Å². The molecule has 5 heteroatoms. The van der Waals surface area contributed by atoms with Crippen LogP contribution in [0.3, 0.4) is 0 Å². The first-order chi connectivity index (χ1) is 1.73. The van der Waals surface area contributed by atoms with Crippen molar-refractivity contribution in [2.45, 2.75) is 0 Å². The third-order valence-electron chi connectivity index (χ3n) is 0. The second-order valence-electron chi connectivity index (χ2n) is 0.214. The summed E-state index contributed by atoms with van der Waals surface area (Å²) in [5.74, 6) is 0. The van der Waals surface area contributed by atoms with Crippen LogP contribution in [0.5, 0.6) is 0 Å². The molecule has 5 heavy (non-hydrogen) atoms. The van der Waals surface area contributed by atoms with Crippen molar-refractivity contribution in [2.24, 2.45) is 0 Å². The first-order valence-corrected chi connectivity index (χ1v) is 2.03. The molecular weight excluding hydrogens is 158 g/mol. The van der Waals surface area contributed by atoms with Gasteiger partial charge in [-0.2, -0.15) is 0 Å². The molecule has 0 fully saturated rings. The number of hydrogen-bond acceptors (Lipinski definition) is 1. The maximum atomic E-state index is 8.74. The van der Waals surface area contributed by atoms with E-state index in [1.807, 2.05) is 0 Å². The Hall–Kier alpha value is 0.759. The normalized spacial score (nSPS) is 7.00. The van der Waals surface area contributed by atoms with Crippen molar-refractivity contribution in [2.75, 3.05) is 0 Å². The second-order valence-corrected chi connectivity index (χ2v) is 0.881. The average molecular weight is 160 g/mol. The zero-order valence-electron chi connectivity index (χ0n) is 2.06. The molecule has 0 aromatic carbocycles. The third-order valence-corrected chi connectivity index (χ3v) is 0. The van der Waals surface area contributed by atoms with Gasteiger partial charge in [0.1, 0.15) is 0 Å². The van der Waals surface area contributed by atoms with E-state index in [0.29, 0.717) is 0 Å². The van der Waals surface area contributed by atoms with Crippen LogP contribution in [-0.2, 0) is 35.4 Å². The van der Waals surface area contributed by atoms with E-state index in [2.05, 4.69) is 0 Å². The van der Waals surface area contributed by atoms with E-state index < -0.39 is 14.5 Å². The molecule has 0 spiro atoms. The molecule has 0 unspecified atom stereocenters. The summed E-state index contributed by atoms with van der Waals surface area (Å²) < 4.78 is 23.1. The summed E-state index contributed by atoms with van der Waals surface area (Å²) in [6.07, 6.45) is 0. The van der Waals surface area contributed by atoms with Gasteiger partial charge in [-0.3, -0.25) is 0 Å². The van der Waals surface area contributed by atoms with E-state index >= 15 is 0 Å². The van der Waals surface area contributed by atoms with Crippen molar-refractivity contribution in [3.05, 3.63) is 0 Å². The van der Waals surface area contributed by atoms with Gasteiger partial charge in [-0.05, 0) is 0 Å². The van der Waals surface area contributed by atoms with Crippen LogP contribution in [0.15, 0.2) is 0 Å². The van der Waals surface area contributed by atoms with Crippen LogP contribution in [-0.4, -0.2) is 8.38 Å². The fourth-order valence-electron chi connectivity index (χ4n) is 0. The van der Waals surface area contributed by atoms with Gasteiger partial charge in [-0.15, -0.1) is 0 Å². The summed E-state index contributed by atoms with van der Waals surface area (Å²) in [5, 5.41) is 0. The molecule has 0 rings (SSSR count). The van der Waals surface area contributed by atoms with E-state index in [-0.39, 0.29) is 17.1 Å². The Morgan fingerprint density at radius 2 is 1.40 bits per heavy atom.